The molecule has 7 nitrogen and oxygen atoms in total. The van der Waals surface area contributed by atoms with Crippen LogP contribution in [0.2, 0.25) is 0 Å². The second kappa shape index (κ2) is 5.95. The molecule has 25 heavy (non-hydrogen) atoms. The van der Waals surface area contributed by atoms with Gasteiger partial charge in [0.05, 0.1) is 6.54 Å². The third-order valence-corrected chi connectivity index (χ3v) is 5.04. The highest BCUT2D eigenvalue weighted by Gasteiger charge is 2.64. The molecule has 0 aliphatic carbocycles. The first-order chi connectivity index (χ1) is 11.9. The van der Waals surface area contributed by atoms with Gasteiger partial charge in [-0.25, -0.2) is 4.79 Å². The van der Waals surface area contributed by atoms with Gasteiger partial charge in [0.15, 0.2) is 12.1 Å². The first-order valence-electron chi connectivity index (χ1n) is 8.56. The molecule has 3 aliphatic heterocycles. The zero-order chi connectivity index (χ0) is 17.7. The monoisotopic (exact) mass is 349 g/mol. The van der Waals surface area contributed by atoms with Crippen LogP contribution in [0.25, 0.3) is 0 Å². The Morgan fingerprint density at radius 3 is 2.84 bits per heavy atom. The number of nitrogens with zero attached hydrogens (tertiary/aromatic N) is 1. The number of carbonyl (C=O) groups is 1. The average molecular weight is 349 g/mol. The van der Waals surface area contributed by atoms with Crippen molar-refractivity contribution < 1.29 is 28.8 Å². The Labute approximate surface area is 146 Å². The van der Waals surface area contributed by atoms with E-state index in [1.54, 1.807) is 18.7 Å². The number of hydrogen-bond acceptors (Lipinski definition) is 6. The maximum absolute atomic E-state index is 12.3. The van der Waals surface area contributed by atoms with Gasteiger partial charge in [-0.3, -0.25) is 0 Å². The molecule has 0 spiro atoms. The molecule has 3 heterocycles. The number of amides is 1. The number of likely N-dealkylation sites (tertiary alicyclic amines) is 1. The average Bonchev–Trinajstić information content (AvgIpc) is 3.03. The van der Waals surface area contributed by atoms with Gasteiger partial charge in [0.1, 0.15) is 24.4 Å². The smallest absolute Gasteiger partial charge is 0.410 e. The SMILES string of the molecule is CC1(C)O[C@H]2O[C@@H]3CN(C(=O)OCc4ccccc4)CC[C@]3(O)[C@H]2O1. The number of carbonyl (C=O) groups excluding carboxylic acids is 1. The normalized spacial score (nSPS) is 36.0. The maximum atomic E-state index is 12.3. The van der Waals surface area contributed by atoms with Crippen LogP contribution in [0, 0.1) is 0 Å². The molecule has 4 atom stereocenters. The standard InChI is InChI=1S/C18H23NO6/c1-17(2)24-14-15(25-17)23-13-10-19(9-8-18(13,14)21)16(20)22-11-12-6-4-3-5-7-12/h3-7,13-15,21H,8-11H2,1-2H3/t13-,14+,15-,18-/m1/s1. The van der Waals surface area contributed by atoms with Crippen molar-refractivity contribution in [2.45, 2.75) is 56.8 Å². The molecular formula is C18H23NO6. The highest BCUT2D eigenvalue weighted by molar-refractivity contribution is 5.68. The van der Waals surface area contributed by atoms with Crippen molar-refractivity contribution in [2.75, 3.05) is 13.1 Å². The summed E-state index contributed by atoms with van der Waals surface area (Å²) >= 11 is 0. The van der Waals surface area contributed by atoms with Crippen LogP contribution in [0.3, 0.4) is 0 Å². The van der Waals surface area contributed by atoms with Gasteiger partial charge in [-0.1, -0.05) is 30.3 Å². The summed E-state index contributed by atoms with van der Waals surface area (Å²) in [6.07, 6.45) is -1.73. The van der Waals surface area contributed by atoms with Gasteiger partial charge in [0, 0.05) is 6.54 Å². The lowest BCUT2D eigenvalue weighted by atomic mass is 9.85. The van der Waals surface area contributed by atoms with Crippen LogP contribution < -0.4 is 0 Å². The fourth-order valence-electron chi connectivity index (χ4n) is 3.72. The van der Waals surface area contributed by atoms with E-state index in [1.807, 2.05) is 30.3 Å². The Morgan fingerprint density at radius 1 is 1.32 bits per heavy atom. The molecule has 7 heteroatoms. The van der Waals surface area contributed by atoms with Crippen LogP contribution >= 0.6 is 0 Å². The summed E-state index contributed by atoms with van der Waals surface area (Å²) in [6, 6.07) is 9.52. The van der Waals surface area contributed by atoms with Crippen LogP contribution in [0.1, 0.15) is 25.8 Å². The quantitative estimate of drug-likeness (QED) is 0.875. The van der Waals surface area contributed by atoms with Crippen molar-refractivity contribution in [1.82, 2.24) is 4.90 Å². The Hall–Kier alpha value is -1.67. The molecule has 0 saturated carbocycles. The second-order valence-corrected chi connectivity index (χ2v) is 7.28. The Morgan fingerprint density at radius 2 is 2.08 bits per heavy atom. The van der Waals surface area contributed by atoms with E-state index in [-0.39, 0.29) is 13.2 Å². The number of rotatable bonds is 2. The van der Waals surface area contributed by atoms with E-state index >= 15 is 0 Å². The predicted molar refractivity (Wildman–Crippen MR) is 86.5 cm³/mol. The van der Waals surface area contributed by atoms with Crippen LogP contribution in [-0.2, 0) is 25.6 Å². The second-order valence-electron chi connectivity index (χ2n) is 7.28. The summed E-state index contributed by atoms with van der Waals surface area (Å²) in [5, 5.41) is 11.0. The molecule has 1 aromatic rings. The van der Waals surface area contributed by atoms with Crippen molar-refractivity contribution in [2.24, 2.45) is 0 Å². The number of fused-ring (bicyclic) bond motifs is 3. The van der Waals surface area contributed by atoms with Crippen molar-refractivity contribution in [1.29, 1.82) is 0 Å². The molecule has 1 amide bonds. The van der Waals surface area contributed by atoms with E-state index in [2.05, 4.69) is 0 Å². The Kier molecular flexibility index (Phi) is 3.99. The summed E-state index contributed by atoms with van der Waals surface area (Å²) < 4.78 is 22.7. The summed E-state index contributed by atoms with van der Waals surface area (Å²) in [5.74, 6) is -0.776. The van der Waals surface area contributed by atoms with Gasteiger partial charge in [0.25, 0.3) is 0 Å². The number of ether oxygens (including phenoxy) is 4. The summed E-state index contributed by atoms with van der Waals surface area (Å²) in [6.45, 7) is 4.45. The lowest BCUT2D eigenvalue weighted by Crippen LogP contribution is -2.59. The number of benzene rings is 1. The highest BCUT2D eigenvalue weighted by atomic mass is 16.8. The molecule has 3 aliphatic rings. The third kappa shape index (κ3) is 3.01. The molecule has 3 fully saturated rings. The summed E-state index contributed by atoms with van der Waals surface area (Å²) in [4.78, 5) is 13.9. The van der Waals surface area contributed by atoms with Crippen molar-refractivity contribution in [3.63, 3.8) is 0 Å². The molecule has 0 radical (unpaired) electrons. The van der Waals surface area contributed by atoms with E-state index in [1.165, 1.54) is 0 Å². The minimum atomic E-state index is -1.14. The van der Waals surface area contributed by atoms with Crippen LogP contribution in [-0.4, -0.2) is 59.1 Å². The van der Waals surface area contributed by atoms with E-state index in [0.29, 0.717) is 13.0 Å². The molecular weight excluding hydrogens is 326 g/mol. The fourth-order valence-corrected chi connectivity index (χ4v) is 3.72. The minimum Gasteiger partial charge on any atom is -0.445 e. The van der Waals surface area contributed by atoms with Crippen LogP contribution in [0.5, 0.6) is 0 Å². The van der Waals surface area contributed by atoms with E-state index in [4.69, 9.17) is 18.9 Å². The molecule has 0 aromatic heterocycles. The van der Waals surface area contributed by atoms with E-state index in [0.717, 1.165) is 5.56 Å². The van der Waals surface area contributed by atoms with Gasteiger partial charge in [0.2, 0.25) is 0 Å². The molecule has 4 rings (SSSR count). The van der Waals surface area contributed by atoms with E-state index < -0.39 is 36.0 Å². The zero-order valence-electron chi connectivity index (χ0n) is 14.4. The highest BCUT2D eigenvalue weighted by Crippen LogP contribution is 2.46. The molecule has 1 N–H and O–H groups in total. The number of hydrogen-bond donors (Lipinski definition) is 1. The fraction of sp³-hybridized carbons (Fsp3) is 0.611. The van der Waals surface area contributed by atoms with Gasteiger partial charge in [-0.15, -0.1) is 0 Å². The van der Waals surface area contributed by atoms with Crippen molar-refractivity contribution >= 4 is 6.09 Å². The van der Waals surface area contributed by atoms with Crippen molar-refractivity contribution in [3.05, 3.63) is 35.9 Å². The minimum absolute atomic E-state index is 0.220. The lowest BCUT2D eigenvalue weighted by molar-refractivity contribution is -0.236. The van der Waals surface area contributed by atoms with Crippen LogP contribution in [0.15, 0.2) is 30.3 Å². The van der Waals surface area contributed by atoms with Gasteiger partial charge in [-0.05, 0) is 25.8 Å². The topological polar surface area (TPSA) is 77.5 Å². The lowest BCUT2D eigenvalue weighted by Gasteiger charge is -2.41. The molecule has 0 bridgehead atoms. The third-order valence-electron chi connectivity index (χ3n) is 5.04. The Bertz CT molecular complexity index is 650. The Balaban J connectivity index is 1.37. The zero-order valence-corrected chi connectivity index (χ0v) is 14.4. The first-order valence-corrected chi connectivity index (χ1v) is 8.56. The van der Waals surface area contributed by atoms with Crippen LogP contribution in [0.4, 0.5) is 4.79 Å². The molecule has 1 aromatic carbocycles. The van der Waals surface area contributed by atoms with E-state index in [9.17, 15) is 9.90 Å². The molecule has 0 unspecified atom stereocenters. The predicted octanol–water partition coefficient (Wildman–Crippen LogP) is 1.64. The molecule has 136 valence electrons. The maximum Gasteiger partial charge on any atom is 0.410 e. The summed E-state index contributed by atoms with van der Waals surface area (Å²) in [5.41, 5.74) is -0.214. The van der Waals surface area contributed by atoms with Gasteiger partial charge < -0.3 is 29.0 Å². The largest absolute Gasteiger partial charge is 0.445 e. The number of piperidine rings is 1. The first kappa shape index (κ1) is 16.8. The van der Waals surface area contributed by atoms with Crippen molar-refractivity contribution in [3.8, 4) is 0 Å². The van der Waals surface area contributed by atoms with Gasteiger partial charge >= 0.3 is 6.09 Å². The van der Waals surface area contributed by atoms with Gasteiger partial charge in [-0.2, -0.15) is 0 Å². The molecule has 3 saturated heterocycles. The number of aliphatic hydroxyl groups is 1. The summed E-state index contributed by atoms with van der Waals surface area (Å²) in [7, 11) is 0.